The summed E-state index contributed by atoms with van der Waals surface area (Å²) in [5.41, 5.74) is 3.84. The van der Waals surface area contributed by atoms with E-state index in [0.717, 1.165) is 27.6 Å². The van der Waals surface area contributed by atoms with Crippen LogP contribution in [0.4, 0.5) is 0 Å². The van der Waals surface area contributed by atoms with Crippen LogP contribution in [0, 0.1) is 5.92 Å². The molecular weight excluding hydrogens is 378 g/mol. The van der Waals surface area contributed by atoms with Crippen LogP contribution in [0.5, 0.6) is 0 Å². The molecule has 0 saturated carbocycles. The summed E-state index contributed by atoms with van der Waals surface area (Å²) < 4.78 is 11.1. The fraction of sp³-hybridized carbons (Fsp3) is 0.280. The first-order chi connectivity index (χ1) is 14.4. The van der Waals surface area contributed by atoms with Crippen molar-refractivity contribution in [2.24, 2.45) is 5.92 Å². The number of furan rings is 1. The number of carbonyl (C=O) groups excluding carboxylic acids is 1. The molecule has 0 fully saturated rings. The number of carbonyl (C=O) groups is 1. The first-order valence-electron chi connectivity index (χ1n) is 10.00. The Morgan fingerprint density at radius 2 is 2.03 bits per heavy atom. The minimum atomic E-state index is -0.592. The average Bonchev–Trinajstić information content (AvgIpc) is 3.21. The van der Waals surface area contributed by atoms with Crippen LogP contribution in [0.25, 0.3) is 16.5 Å². The zero-order chi connectivity index (χ0) is 21.7. The zero-order valence-electron chi connectivity index (χ0n) is 17.6. The number of para-hydroxylation sites is 1. The molecule has 5 heteroatoms. The molecule has 1 aromatic carbocycles. The van der Waals surface area contributed by atoms with Gasteiger partial charge in [0.25, 0.3) is 0 Å². The van der Waals surface area contributed by atoms with Gasteiger partial charge in [0.15, 0.2) is 6.10 Å². The van der Waals surface area contributed by atoms with Gasteiger partial charge in [-0.1, -0.05) is 44.7 Å². The van der Waals surface area contributed by atoms with E-state index in [1.54, 1.807) is 12.1 Å². The van der Waals surface area contributed by atoms with Crippen LogP contribution >= 0.6 is 0 Å². The van der Waals surface area contributed by atoms with Crippen molar-refractivity contribution in [2.45, 2.75) is 39.9 Å². The third-order valence-electron chi connectivity index (χ3n) is 4.94. The van der Waals surface area contributed by atoms with Gasteiger partial charge in [0, 0.05) is 30.5 Å². The van der Waals surface area contributed by atoms with Gasteiger partial charge in [0.2, 0.25) is 0 Å². The lowest BCUT2D eigenvalue weighted by molar-refractivity contribution is -0.147. The molecule has 5 nitrogen and oxygen atoms in total. The third kappa shape index (κ3) is 5.05. The molecule has 3 rings (SSSR count). The highest BCUT2D eigenvalue weighted by atomic mass is 16.6. The first kappa shape index (κ1) is 21.5. The molecule has 0 aliphatic rings. The maximum atomic E-state index is 11.6. The lowest BCUT2D eigenvalue weighted by Crippen LogP contribution is -2.08. The summed E-state index contributed by atoms with van der Waals surface area (Å²) in [4.78, 5) is 16.2. The summed E-state index contributed by atoms with van der Waals surface area (Å²) >= 11 is 0. The van der Waals surface area contributed by atoms with E-state index in [0.29, 0.717) is 17.9 Å². The minimum Gasteiger partial charge on any atom is -0.460 e. The van der Waals surface area contributed by atoms with E-state index < -0.39 is 12.1 Å². The summed E-state index contributed by atoms with van der Waals surface area (Å²) in [6, 6.07) is 13.5. The fourth-order valence-corrected chi connectivity index (χ4v) is 3.26. The summed E-state index contributed by atoms with van der Waals surface area (Å²) in [7, 11) is 0. The van der Waals surface area contributed by atoms with Crippen LogP contribution in [0.3, 0.4) is 0 Å². The zero-order valence-corrected chi connectivity index (χ0v) is 17.6. The number of nitrogens with zero attached hydrogens (tertiary/aromatic N) is 1. The molecule has 2 aromatic heterocycles. The highest BCUT2D eigenvalue weighted by molar-refractivity contribution is 5.86. The van der Waals surface area contributed by atoms with E-state index in [4.69, 9.17) is 9.15 Å². The summed E-state index contributed by atoms with van der Waals surface area (Å²) in [5, 5.41) is 10.3. The number of aromatic nitrogens is 1. The van der Waals surface area contributed by atoms with Crippen LogP contribution in [0.15, 0.2) is 71.3 Å². The number of benzene rings is 1. The average molecular weight is 405 g/mol. The van der Waals surface area contributed by atoms with Crippen LogP contribution in [0.1, 0.15) is 50.4 Å². The van der Waals surface area contributed by atoms with Gasteiger partial charge in [-0.2, -0.15) is 0 Å². The monoisotopic (exact) mass is 405 g/mol. The first-order valence-corrected chi connectivity index (χ1v) is 10.00. The van der Waals surface area contributed by atoms with Crippen molar-refractivity contribution in [3.8, 4) is 0 Å². The van der Waals surface area contributed by atoms with Gasteiger partial charge < -0.3 is 14.3 Å². The molecule has 1 N–H and O–H groups in total. The summed E-state index contributed by atoms with van der Waals surface area (Å²) in [6.07, 6.45) is 3.68. The lowest BCUT2D eigenvalue weighted by atomic mass is 9.90. The Kier molecular flexibility index (Phi) is 6.85. The molecule has 0 amide bonds. The second kappa shape index (κ2) is 9.55. The molecule has 0 bridgehead atoms. The van der Waals surface area contributed by atoms with Crippen molar-refractivity contribution < 1.29 is 19.1 Å². The normalized spacial score (nSPS) is 12.9. The SMILES string of the molecule is C=C(/C(=C/C[C@H](OC(C)=O)c1ccc(CO)o1)c1cnc2ccccc2c1)C(C)C. The standard InChI is InChI=1S/C25H27NO4/c1-16(2)17(3)22(20-13-19-7-5-6-8-23(19)26-14-20)10-12-24(29-18(4)28)25-11-9-21(15-27)30-25/h5-11,13-14,16,24,27H,3,12,15H2,1-2,4H3/b22-10-/t24-/m0/s1. The van der Waals surface area contributed by atoms with Crippen molar-refractivity contribution in [1.29, 1.82) is 0 Å². The van der Waals surface area contributed by atoms with Crippen molar-refractivity contribution in [1.82, 2.24) is 4.98 Å². The smallest absolute Gasteiger partial charge is 0.303 e. The number of pyridine rings is 1. The number of aliphatic hydroxyl groups is 1. The molecule has 2 heterocycles. The Hall–Kier alpha value is -3.18. The van der Waals surface area contributed by atoms with E-state index in [9.17, 15) is 9.90 Å². The Labute approximate surface area is 176 Å². The molecule has 0 radical (unpaired) electrons. The molecule has 3 aromatic rings. The summed E-state index contributed by atoms with van der Waals surface area (Å²) in [6.45, 7) is 9.62. The van der Waals surface area contributed by atoms with Crippen LogP contribution in [0.2, 0.25) is 0 Å². The van der Waals surface area contributed by atoms with E-state index in [1.165, 1.54) is 6.92 Å². The second-order valence-electron chi connectivity index (χ2n) is 7.51. The molecule has 0 saturated heterocycles. The molecule has 156 valence electrons. The minimum absolute atomic E-state index is 0.208. The maximum absolute atomic E-state index is 11.6. The van der Waals surface area contributed by atoms with Gasteiger partial charge in [-0.15, -0.1) is 0 Å². The largest absolute Gasteiger partial charge is 0.460 e. The molecular formula is C25H27NO4. The number of ether oxygens (including phenoxy) is 1. The van der Waals surface area contributed by atoms with Crippen molar-refractivity contribution in [2.75, 3.05) is 0 Å². The van der Waals surface area contributed by atoms with Gasteiger partial charge in [0.1, 0.15) is 18.1 Å². The number of hydrogen-bond donors (Lipinski definition) is 1. The van der Waals surface area contributed by atoms with Crippen LogP contribution < -0.4 is 0 Å². The highest BCUT2D eigenvalue weighted by Gasteiger charge is 2.19. The van der Waals surface area contributed by atoms with Gasteiger partial charge in [-0.3, -0.25) is 9.78 Å². The predicted molar refractivity (Wildman–Crippen MR) is 117 cm³/mol. The molecule has 0 aliphatic carbocycles. The van der Waals surface area contributed by atoms with Gasteiger partial charge >= 0.3 is 5.97 Å². The number of hydrogen-bond acceptors (Lipinski definition) is 5. The summed E-state index contributed by atoms with van der Waals surface area (Å²) in [5.74, 6) is 0.764. The fourth-order valence-electron chi connectivity index (χ4n) is 3.26. The van der Waals surface area contributed by atoms with E-state index in [-0.39, 0.29) is 12.5 Å². The Balaban J connectivity index is 1.98. The van der Waals surface area contributed by atoms with Crippen molar-refractivity contribution in [3.63, 3.8) is 0 Å². The Morgan fingerprint density at radius 1 is 1.27 bits per heavy atom. The van der Waals surface area contributed by atoms with E-state index >= 15 is 0 Å². The lowest BCUT2D eigenvalue weighted by Gasteiger charge is -2.18. The maximum Gasteiger partial charge on any atom is 0.303 e. The second-order valence-corrected chi connectivity index (χ2v) is 7.51. The number of allylic oxidation sites excluding steroid dienone is 2. The Morgan fingerprint density at radius 3 is 2.70 bits per heavy atom. The quantitative estimate of drug-likeness (QED) is 0.389. The van der Waals surface area contributed by atoms with Gasteiger partial charge in [0.05, 0.1) is 5.52 Å². The Bertz CT molecular complexity index is 1080. The van der Waals surface area contributed by atoms with Gasteiger partial charge in [-0.05, 0) is 41.3 Å². The number of rotatable bonds is 8. The van der Waals surface area contributed by atoms with E-state index in [1.807, 2.05) is 36.5 Å². The molecule has 0 spiro atoms. The van der Waals surface area contributed by atoms with Crippen molar-refractivity contribution in [3.05, 3.63) is 84.0 Å². The topological polar surface area (TPSA) is 72.6 Å². The molecule has 1 atom stereocenters. The van der Waals surface area contributed by atoms with Crippen LogP contribution in [-0.2, 0) is 16.1 Å². The van der Waals surface area contributed by atoms with E-state index in [2.05, 4.69) is 31.5 Å². The van der Waals surface area contributed by atoms with Gasteiger partial charge in [-0.25, -0.2) is 0 Å². The molecule has 0 aliphatic heterocycles. The molecule has 0 unspecified atom stereocenters. The van der Waals surface area contributed by atoms with Crippen LogP contribution in [-0.4, -0.2) is 16.1 Å². The number of aliphatic hydroxyl groups excluding tert-OH is 1. The van der Waals surface area contributed by atoms with Crippen molar-refractivity contribution >= 4 is 22.4 Å². The number of esters is 1. The number of fused-ring (bicyclic) bond motifs is 1. The third-order valence-corrected chi connectivity index (χ3v) is 4.94. The highest BCUT2D eigenvalue weighted by Crippen LogP contribution is 2.32. The predicted octanol–water partition coefficient (Wildman–Crippen LogP) is 5.61. The molecule has 30 heavy (non-hydrogen) atoms.